The number of thiazole rings is 1. The summed E-state index contributed by atoms with van der Waals surface area (Å²) in [6.45, 7) is 15.4. The van der Waals surface area contributed by atoms with Gasteiger partial charge in [0, 0.05) is 93.0 Å². The van der Waals surface area contributed by atoms with Crippen LogP contribution < -0.4 is 24.6 Å². The number of Topliss-reactive ketones (excluding diaryl/α,β-unsaturated/α-hetero) is 1. The van der Waals surface area contributed by atoms with Gasteiger partial charge in [0.2, 0.25) is 0 Å². The van der Waals surface area contributed by atoms with Gasteiger partial charge in [-0.25, -0.2) is 4.98 Å². The number of rotatable bonds is 5. The summed E-state index contributed by atoms with van der Waals surface area (Å²) in [5.74, 6) is -6.17. The number of nitrogens with one attached hydrogen (secondary N) is 1. The van der Waals surface area contributed by atoms with E-state index in [1.807, 2.05) is 24.3 Å². The molecule has 0 spiro atoms. The molecule has 4 bridgehead atoms. The highest BCUT2D eigenvalue weighted by molar-refractivity contribution is 7.23. The molecule has 17 heteroatoms. The average molecular weight is 929 g/mol. The van der Waals surface area contributed by atoms with Crippen molar-refractivity contribution in [3.63, 3.8) is 0 Å². The summed E-state index contributed by atoms with van der Waals surface area (Å²) in [5.41, 5.74) is 1.74. The summed E-state index contributed by atoms with van der Waals surface area (Å²) < 4.78 is 29.8. The van der Waals surface area contributed by atoms with Crippen molar-refractivity contribution < 1.29 is 58.5 Å². The van der Waals surface area contributed by atoms with Crippen LogP contribution in [0, 0.1) is 30.6 Å². The predicted octanol–water partition coefficient (Wildman–Crippen LogP) is 6.99. The lowest BCUT2D eigenvalue weighted by Crippen LogP contribution is -2.46. The molecule has 16 nitrogen and oxygen atoms in total. The maximum absolute atomic E-state index is 14.8. The van der Waals surface area contributed by atoms with Gasteiger partial charge in [0.1, 0.15) is 29.0 Å². The molecule has 7 rings (SSSR count). The van der Waals surface area contributed by atoms with Gasteiger partial charge in [0.15, 0.2) is 10.9 Å². The molecule has 0 unspecified atom stereocenters. The molecule has 9 atom stereocenters. The number of ether oxygens (including phenoxy) is 5. The number of ketones is 1. The fourth-order valence-corrected chi connectivity index (χ4v) is 10.3. The number of aliphatic hydroxyl groups is 2. The molecule has 1 aromatic heterocycles. The maximum atomic E-state index is 14.8. The van der Waals surface area contributed by atoms with Crippen LogP contribution in [0.25, 0.3) is 21.0 Å². The summed E-state index contributed by atoms with van der Waals surface area (Å²) in [7, 11) is 3.09. The summed E-state index contributed by atoms with van der Waals surface area (Å²) in [5, 5.41) is 50.6. The van der Waals surface area contributed by atoms with Crippen molar-refractivity contribution in [3.8, 4) is 23.0 Å². The van der Waals surface area contributed by atoms with Crippen LogP contribution in [0.1, 0.15) is 64.4 Å². The number of hydrogen-bond donors (Lipinski definition) is 5. The Kier molecular flexibility index (Phi) is 13.9. The minimum absolute atomic E-state index is 0.00442. The number of phenols is 2. The summed E-state index contributed by atoms with van der Waals surface area (Å²) in [4.78, 5) is 50.7. The van der Waals surface area contributed by atoms with Gasteiger partial charge >= 0.3 is 11.8 Å². The lowest BCUT2D eigenvalue weighted by molar-refractivity contribution is -0.160. The number of carbonyl (C=O) groups is 3. The molecule has 3 aliphatic heterocycles. The van der Waals surface area contributed by atoms with Gasteiger partial charge in [-0.3, -0.25) is 14.4 Å². The Morgan fingerprint density at radius 1 is 0.909 bits per heavy atom. The number of benzene rings is 3. The number of anilines is 3. The van der Waals surface area contributed by atoms with Gasteiger partial charge in [-0.2, -0.15) is 0 Å². The van der Waals surface area contributed by atoms with E-state index in [1.165, 1.54) is 38.6 Å². The lowest BCUT2D eigenvalue weighted by atomic mass is 9.78. The van der Waals surface area contributed by atoms with E-state index in [1.54, 1.807) is 73.0 Å². The highest BCUT2D eigenvalue weighted by Crippen LogP contribution is 2.55. The first-order chi connectivity index (χ1) is 31.3. The molecule has 4 heterocycles. The highest BCUT2D eigenvalue weighted by Gasteiger charge is 2.50. The number of aliphatic hydroxyl groups excluding tert-OH is 2. The number of aromatic nitrogens is 1. The number of nitrogens with zero attached hydrogens (tertiary/aromatic N) is 3. The number of esters is 1. The summed E-state index contributed by atoms with van der Waals surface area (Å²) in [6.07, 6.45) is 3.92. The first-order valence-corrected chi connectivity index (χ1v) is 22.9. The van der Waals surface area contributed by atoms with Gasteiger partial charge < -0.3 is 59.2 Å². The van der Waals surface area contributed by atoms with Crippen LogP contribution in [0.4, 0.5) is 16.5 Å². The largest absolute Gasteiger partial charge is 0.507 e. The van der Waals surface area contributed by atoms with Crippen molar-refractivity contribution in [2.75, 3.05) is 55.5 Å². The Labute approximate surface area is 388 Å². The van der Waals surface area contributed by atoms with E-state index >= 15 is 0 Å². The molecule has 3 aliphatic rings. The monoisotopic (exact) mass is 928 g/mol. The number of hydrogen-bond acceptors (Lipinski definition) is 16. The zero-order valence-corrected chi connectivity index (χ0v) is 39.8. The number of carbonyl (C=O) groups excluding carboxylic acids is 3. The van der Waals surface area contributed by atoms with E-state index in [9.17, 15) is 34.8 Å². The number of allylic oxidation sites excluding steroid dienone is 2. The van der Waals surface area contributed by atoms with Crippen LogP contribution >= 0.6 is 11.3 Å². The molecule has 1 amide bonds. The molecule has 1 fully saturated rings. The summed E-state index contributed by atoms with van der Waals surface area (Å²) >= 11 is 1.24. The smallest absolute Gasteiger partial charge is 0.312 e. The van der Waals surface area contributed by atoms with Crippen LogP contribution in [0.15, 0.2) is 60.4 Å². The zero-order valence-electron chi connectivity index (χ0n) is 38.9. The number of amides is 1. The van der Waals surface area contributed by atoms with Gasteiger partial charge in [-0.1, -0.05) is 57.3 Å². The molecule has 4 aromatic rings. The molecular formula is C49H60N4O12S. The fraction of sp³-hybridized carbons (Fsp3) is 0.469. The number of piperazine rings is 1. The Morgan fingerprint density at radius 3 is 2.21 bits per heavy atom. The molecule has 0 radical (unpaired) electrons. The normalized spacial score (nSPS) is 29.5. The molecule has 5 N–H and O–H groups in total. The van der Waals surface area contributed by atoms with Crippen LogP contribution in [0.2, 0.25) is 0 Å². The van der Waals surface area contributed by atoms with E-state index in [0.717, 1.165) is 11.4 Å². The first-order valence-electron chi connectivity index (χ1n) is 22.1. The third-order valence-electron chi connectivity index (χ3n) is 13.3. The second kappa shape index (κ2) is 19.1. The fourth-order valence-electron chi connectivity index (χ4n) is 9.20. The molecule has 1 saturated heterocycles. The molecule has 66 heavy (non-hydrogen) atoms. The number of phenolic OH excluding ortho intramolecular Hbond substituents is 2. The van der Waals surface area contributed by atoms with Crippen molar-refractivity contribution in [2.24, 2.45) is 23.7 Å². The van der Waals surface area contributed by atoms with E-state index in [4.69, 9.17) is 28.7 Å². The average Bonchev–Trinajstić information content (AvgIpc) is 3.86. The van der Waals surface area contributed by atoms with Gasteiger partial charge in [0.05, 0.1) is 52.9 Å². The molecular weight excluding hydrogens is 869 g/mol. The van der Waals surface area contributed by atoms with Crippen molar-refractivity contribution in [1.82, 2.24) is 4.98 Å². The minimum atomic E-state index is -1.97. The van der Waals surface area contributed by atoms with Crippen molar-refractivity contribution in [1.29, 1.82) is 0 Å². The van der Waals surface area contributed by atoms with Crippen LogP contribution in [-0.4, -0.2) is 114 Å². The first kappa shape index (κ1) is 48.1. The second-order valence-electron chi connectivity index (χ2n) is 17.7. The lowest BCUT2D eigenvalue weighted by Gasteiger charge is -2.38. The van der Waals surface area contributed by atoms with Crippen LogP contribution in [0.3, 0.4) is 0 Å². The summed E-state index contributed by atoms with van der Waals surface area (Å²) in [6, 6.07) is 7.85. The number of methoxy groups -OCH3 is 2. The standard InChI is InChI=1S/C49H60N4O12S/c1-24-12-11-13-25(2)47(60)50-38-42(58)35-34(37-45(38)66-48(51-37)53-21-19-52(20-22-53)31-14-16-32(61-9)17-15-31)36-44(29(6)41(35)57)65-49(8,46(36)59)63-23-18-33(62-10)26(3)43(64-30(7)54)28(5)40(56)27(4)39(24)55/h11-18,23-24,26-28,33,39-40,43,55-58H,19-22H2,1-10H3,(H,50,60)/b12-11+,23-18+,25-13-/t24-,26-,27-,28-,33+,39+,40+,43+,49+/m1/s1. The topological polar surface area (TPSA) is 210 Å². The maximum Gasteiger partial charge on any atom is 0.312 e. The van der Waals surface area contributed by atoms with Crippen molar-refractivity contribution in [2.45, 2.75) is 85.6 Å². The highest BCUT2D eigenvalue weighted by atomic mass is 32.1. The number of aromatic hydroxyl groups is 2. The van der Waals surface area contributed by atoms with E-state index in [-0.39, 0.29) is 50.2 Å². The quantitative estimate of drug-likeness (QED) is 0.101. The van der Waals surface area contributed by atoms with Gasteiger partial charge in [-0.15, -0.1) is 0 Å². The zero-order chi connectivity index (χ0) is 47.9. The Bertz CT molecular complexity index is 2600. The van der Waals surface area contributed by atoms with Crippen LogP contribution in [-0.2, 0) is 23.8 Å². The van der Waals surface area contributed by atoms with E-state index < -0.39 is 77.3 Å². The predicted molar refractivity (Wildman–Crippen MR) is 253 cm³/mol. The Balaban J connectivity index is 1.36. The molecule has 0 aliphatic carbocycles. The van der Waals surface area contributed by atoms with Gasteiger partial charge in [0.25, 0.3) is 11.7 Å². The third-order valence-corrected chi connectivity index (χ3v) is 14.5. The Morgan fingerprint density at radius 2 is 1.58 bits per heavy atom. The molecule has 3 aromatic carbocycles. The number of fused-ring (bicyclic) bond motifs is 1. The van der Waals surface area contributed by atoms with E-state index in [0.29, 0.717) is 36.0 Å². The Hall–Kier alpha value is -5.88. The van der Waals surface area contributed by atoms with Crippen molar-refractivity contribution in [3.05, 3.63) is 71.5 Å². The SMILES string of the molecule is COc1ccc(N2CCN(c3nc4c(s3)c3c(O)c5c(O)c(C)c6c(c54)C(=O)[C@@](C)(O/C=C/[C@H](OC)[C@@H](C)[C@H](OC(C)=O)[C@H](C)[C@@H](O)[C@H](C)[C@@H](O)[C@H](C)/C=C/C=C(/C)C(=O)N3)O6)CC2)cc1. The van der Waals surface area contributed by atoms with Crippen molar-refractivity contribution >= 4 is 66.5 Å². The minimum Gasteiger partial charge on any atom is -0.507 e. The van der Waals surface area contributed by atoms with Gasteiger partial charge in [-0.05, 0) is 44.2 Å². The van der Waals surface area contributed by atoms with Crippen LogP contribution in [0.5, 0.6) is 23.0 Å². The molecule has 354 valence electrons. The molecule has 0 saturated carbocycles. The second-order valence-corrected chi connectivity index (χ2v) is 18.7. The third kappa shape index (κ3) is 8.88. The van der Waals surface area contributed by atoms with E-state index in [2.05, 4.69) is 15.1 Å².